The summed E-state index contributed by atoms with van der Waals surface area (Å²) in [5.74, 6) is -1.74. The van der Waals surface area contributed by atoms with Gasteiger partial charge in [0.05, 0.1) is 11.8 Å². The minimum absolute atomic E-state index is 0.0511. The second-order valence-corrected chi connectivity index (χ2v) is 4.41. The van der Waals surface area contributed by atoms with Crippen molar-refractivity contribution in [2.45, 2.75) is 18.9 Å². The average molecular weight is 272 g/mol. The lowest BCUT2D eigenvalue weighted by Gasteiger charge is -2.22. The molecule has 1 aliphatic heterocycles. The monoisotopic (exact) mass is 271 g/mol. The highest BCUT2D eigenvalue weighted by Crippen LogP contribution is 2.23. The van der Waals surface area contributed by atoms with Gasteiger partial charge in [-0.2, -0.15) is 0 Å². The third-order valence-corrected chi connectivity index (χ3v) is 3.18. The molecule has 7 heteroatoms. The number of aromatic nitrogens is 1. The molecule has 0 aromatic carbocycles. The van der Waals surface area contributed by atoms with Gasteiger partial charge in [-0.15, -0.1) is 0 Å². The van der Waals surface area contributed by atoms with Gasteiger partial charge in [0.2, 0.25) is 5.91 Å². The average Bonchev–Trinajstić information content (AvgIpc) is 2.80. The summed E-state index contributed by atoms with van der Waals surface area (Å²) >= 11 is 5.76. The summed E-state index contributed by atoms with van der Waals surface area (Å²) in [7, 11) is 0. The van der Waals surface area contributed by atoms with E-state index < -0.39 is 23.7 Å². The SMILES string of the molecule is NC(=O)C1CCCN1C(=O)c1cc(F)cnc1Cl. The van der Waals surface area contributed by atoms with Gasteiger partial charge in [0.25, 0.3) is 5.91 Å². The third kappa shape index (κ3) is 2.28. The quantitative estimate of drug-likeness (QED) is 0.814. The van der Waals surface area contributed by atoms with Crippen molar-refractivity contribution >= 4 is 23.4 Å². The van der Waals surface area contributed by atoms with Crippen molar-refractivity contribution in [3.05, 3.63) is 28.8 Å². The second kappa shape index (κ2) is 4.89. The number of carbonyl (C=O) groups is 2. The van der Waals surface area contributed by atoms with Crippen molar-refractivity contribution in [1.82, 2.24) is 9.88 Å². The Bertz CT molecular complexity index is 509. The molecule has 18 heavy (non-hydrogen) atoms. The number of carbonyl (C=O) groups excluding carboxylic acids is 2. The molecule has 1 unspecified atom stereocenters. The maximum atomic E-state index is 13.1. The largest absolute Gasteiger partial charge is 0.368 e. The molecule has 96 valence electrons. The Morgan fingerprint density at radius 2 is 2.28 bits per heavy atom. The van der Waals surface area contributed by atoms with Gasteiger partial charge in [-0.25, -0.2) is 9.37 Å². The molecule has 1 atom stereocenters. The molecule has 0 saturated carbocycles. The van der Waals surface area contributed by atoms with E-state index >= 15 is 0 Å². The maximum Gasteiger partial charge on any atom is 0.257 e. The lowest BCUT2D eigenvalue weighted by atomic mass is 10.2. The van der Waals surface area contributed by atoms with Crippen LogP contribution in [0.1, 0.15) is 23.2 Å². The first-order chi connectivity index (χ1) is 8.50. The van der Waals surface area contributed by atoms with E-state index in [1.54, 1.807) is 0 Å². The first-order valence-electron chi connectivity index (χ1n) is 5.42. The first-order valence-corrected chi connectivity index (χ1v) is 5.80. The summed E-state index contributed by atoms with van der Waals surface area (Å²) in [5.41, 5.74) is 5.17. The Labute approximate surface area is 108 Å². The van der Waals surface area contributed by atoms with E-state index in [9.17, 15) is 14.0 Å². The molecule has 0 spiro atoms. The molecule has 1 aliphatic rings. The fourth-order valence-electron chi connectivity index (χ4n) is 2.03. The molecule has 1 aromatic heterocycles. The van der Waals surface area contributed by atoms with Crippen molar-refractivity contribution in [1.29, 1.82) is 0 Å². The summed E-state index contributed by atoms with van der Waals surface area (Å²) in [6, 6.07) is 0.352. The van der Waals surface area contributed by atoms with Gasteiger partial charge in [0, 0.05) is 6.54 Å². The molecule has 2 rings (SSSR count). The minimum Gasteiger partial charge on any atom is -0.368 e. The lowest BCUT2D eigenvalue weighted by Crippen LogP contribution is -2.43. The Kier molecular flexibility index (Phi) is 3.47. The van der Waals surface area contributed by atoms with Gasteiger partial charge in [-0.05, 0) is 18.9 Å². The zero-order valence-electron chi connectivity index (χ0n) is 9.40. The number of rotatable bonds is 2. The van der Waals surface area contributed by atoms with Crippen LogP contribution in [0.4, 0.5) is 4.39 Å². The van der Waals surface area contributed by atoms with Crippen molar-refractivity contribution in [3.8, 4) is 0 Å². The molecule has 2 amide bonds. The number of halogens is 2. The smallest absolute Gasteiger partial charge is 0.257 e. The number of primary amides is 1. The molecule has 2 N–H and O–H groups in total. The zero-order valence-corrected chi connectivity index (χ0v) is 10.2. The van der Waals surface area contributed by atoms with E-state index in [0.717, 1.165) is 12.3 Å². The molecule has 5 nitrogen and oxygen atoms in total. The predicted octanol–water partition coefficient (Wildman–Crippen LogP) is 0.964. The third-order valence-electron chi connectivity index (χ3n) is 2.88. The Morgan fingerprint density at radius 3 is 2.94 bits per heavy atom. The van der Waals surface area contributed by atoms with Gasteiger partial charge in [-0.3, -0.25) is 9.59 Å². The number of nitrogens with zero attached hydrogens (tertiary/aromatic N) is 2. The van der Waals surface area contributed by atoms with Gasteiger partial charge >= 0.3 is 0 Å². The summed E-state index contributed by atoms with van der Waals surface area (Å²) in [6.07, 6.45) is 2.12. The van der Waals surface area contributed by atoms with E-state index in [1.165, 1.54) is 4.90 Å². The number of likely N-dealkylation sites (tertiary alicyclic amines) is 1. The van der Waals surface area contributed by atoms with E-state index in [-0.39, 0.29) is 10.7 Å². The van der Waals surface area contributed by atoms with E-state index in [4.69, 9.17) is 17.3 Å². The van der Waals surface area contributed by atoms with Crippen LogP contribution < -0.4 is 5.73 Å². The Morgan fingerprint density at radius 1 is 1.56 bits per heavy atom. The number of nitrogens with two attached hydrogens (primary N) is 1. The highest BCUT2D eigenvalue weighted by Gasteiger charge is 2.34. The zero-order chi connectivity index (χ0) is 13.3. The van der Waals surface area contributed by atoms with Crippen molar-refractivity contribution < 1.29 is 14.0 Å². The topological polar surface area (TPSA) is 76.3 Å². The van der Waals surface area contributed by atoms with Crippen LogP contribution in [0, 0.1) is 5.82 Å². The van der Waals surface area contributed by atoms with Crippen LogP contribution in [-0.2, 0) is 4.79 Å². The van der Waals surface area contributed by atoms with Crippen LogP contribution in [0.25, 0.3) is 0 Å². The molecule has 0 bridgehead atoms. The molecular formula is C11H11ClFN3O2. The summed E-state index contributed by atoms with van der Waals surface area (Å²) < 4.78 is 13.1. The normalized spacial score (nSPS) is 19.0. The number of amides is 2. The summed E-state index contributed by atoms with van der Waals surface area (Å²) in [5, 5.41) is -0.0866. The molecule has 1 fully saturated rings. The number of pyridine rings is 1. The highest BCUT2D eigenvalue weighted by molar-refractivity contribution is 6.32. The minimum atomic E-state index is -0.656. The Hall–Kier alpha value is -1.69. The number of hydrogen-bond donors (Lipinski definition) is 1. The summed E-state index contributed by atoms with van der Waals surface area (Å²) in [6.45, 7) is 0.402. The van der Waals surface area contributed by atoms with Crippen LogP contribution >= 0.6 is 11.6 Å². The Balaban J connectivity index is 2.31. The second-order valence-electron chi connectivity index (χ2n) is 4.05. The molecular weight excluding hydrogens is 261 g/mol. The molecule has 0 aliphatic carbocycles. The fourth-order valence-corrected chi connectivity index (χ4v) is 2.22. The van der Waals surface area contributed by atoms with Gasteiger partial charge in [0.15, 0.2) is 0 Å². The van der Waals surface area contributed by atoms with Crippen molar-refractivity contribution in [2.75, 3.05) is 6.54 Å². The molecule has 2 heterocycles. The van der Waals surface area contributed by atoms with Gasteiger partial charge in [-0.1, -0.05) is 11.6 Å². The van der Waals surface area contributed by atoms with E-state index in [1.807, 2.05) is 0 Å². The first kappa shape index (κ1) is 12.8. The molecule has 1 saturated heterocycles. The van der Waals surface area contributed by atoms with Crippen molar-refractivity contribution in [2.24, 2.45) is 5.73 Å². The highest BCUT2D eigenvalue weighted by atomic mass is 35.5. The van der Waals surface area contributed by atoms with Crippen molar-refractivity contribution in [3.63, 3.8) is 0 Å². The van der Waals surface area contributed by atoms with Crippen LogP contribution in [0.2, 0.25) is 5.15 Å². The predicted molar refractivity (Wildman–Crippen MR) is 62.5 cm³/mol. The summed E-state index contributed by atoms with van der Waals surface area (Å²) in [4.78, 5) is 28.2. The van der Waals surface area contributed by atoms with E-state index in [2.05, 4.69) is 4.98 Å². The van der Waals surface area contributed by atoms with E-state index in [0.29, 0.717) is 19.4 Å². The van der Waals surface area contributed by atoms with Gasteiger partial charge in [0.1, 0.15) is 17.0 Å². The molecule has 1 aromatic rings. The fraction of sp³-hybridized carbons (Fsp3) is 0.364. The van der Waals surface area contributed by atoms with Crippen LogP contribution in [-0.4, -0.2) is 34.3 Å². The lowest BCUT2D eigenvalue weighted by molar-refractivity contribution is -0.121. The maximum absolute atomic E-state index is 13.1. The van der Waals surface area contributed by atoms with Crippen LogP contribution in [0.15, 0.2) is 12.3 Å². The van der Waals surface area contributed by atoms with Crippen LogP contribution in [0.5, 0.6) is 0 Å². The molecule has 0 radical (unpaired) electrons. The standard InChI is InChI=1S/C11H11ClFN3O2/c12-9-7(4-6(13)5-15-9)11(18)16-3-1-2-8(16)10(14)17/h4-5,8H,1-3H2,(H2,14,17). The van der Waals surface area contributed by atoms with Gasteiger partial charge < -0.3 is 10.6 Å². The number of hydrogen-bond acceptors (Lipinski definition) is 3. The van der Waals surface area contributed by atoms with Crippen LogP contribution in [0.3, 0.4) is 0 Å².